The van der Waals surface area contributed by atoms with Crippen LogP contribution in [0.2, 0.25) is 0 Å². The summed E-state index contributed by atoms with van der Waals surface area (Å²) in [6.45, 7) is 5.01. The number of primary amides is 1. The molecular weight excluding hydrogens is 483 g/mol. The monoisotopic (exact) mass is 520 g/mol. The smallest absolute Gasteiger partial charge is 0.247 e. The van der Waals surface area contributed by atoms with Crippen molar-refractivity contribution in [3.8, 4) is 0 Å². The Morgan fingerprint density at radius 3 is 2.43 bits per heavy atom. The van der Waals surface area contributed by atoms with Crippen molar-refractivity contribution in [1.82, 2.24) is 15.1 Å². The van der Waals surface area contributed by atoms with Crippen molar-refractivity contribution in [3.05, 3.63) is 35.6 Å². The van der Waals surface area contributed by atoms with Gasteiger partial charge in [0.15, 0.2) is 0 Å². The van der Waals surface area contributed by atoms with Gasteiger partial charge in [-0.05, 0) is 57.2 Å². The summed E-state index contributed by atoms with van der Waals surface area (Å²) < 4.78 is 14.0. The average molecular weight is 521 g/mol. The Morgan fingerprint density at radius 1 is 1.14 bits per heavy atom. The molecular formula is C26H37FN4O6. The second-order valence-electron chi connectivity index (χ2n) is 10.2. The van der Waals surface area contributed by atoms with Gasteiger partial charge in [0.1, 0.15) is 23.4 Å². The molecule has 2 aliphatic heterocycles. The first-order valence-corrected chi connectivity index (χ1v) is 12.7. The quantitative estimate of drug-likeness (QED) is 0.362. The highest BCUT2D eigenvalue weighted by molar-refractivity contribution is 5.97. The lowest BCUT2D eigenvalue weighted by Crippen LogP contribution is -2.65. The van der Waals surface area contributed by atoms with Crippen molar-refractivity contribution in [2.45, 2.75) is 82.7 Å². The number of benzene rings is 1. The van der Waals surface area contributed by atoms with Crippen molar-refractivity contribution in [2.75, 3.05) is 13.1 Å². The Hall–Kier alpha value is -3.05. The van der Waals surface area contributed by atoms with Gasteiger partial charge in [0.05, 0.1) is 18.1 Å². The Labute approximate surface area is 216 Å². The fraction of sp³-hybridized carbons (Fsp3) is 0.615. The average Bonchev–Trinajstić information content (AvgIpc) is 3.48. The number of rotatable bonds is 9. The molecule has 2 fully saturated rings. The molecule has 37 heavy (non-hydrogen) atoms. The van der Waals surface area contributed by atoms with E-state index in [4.69, 9.17) is 5.73 Å². The summed E-state index contributed by atoms with van der Waals surface area (Å²) >= 11 is 0. The third-order valence-corrected chi connectivity index (χ3v) is 7.57. The van der Waals surface area contributed by atoms with Crippen LogP contribution >= 0.6 is 0 Å². The molecule has 0 spiro atoms. The molecule has 0 aliphatic carbocycles. The molecule has 204 valence electrons. The van der Waals surface area contributed by atoms with Crippen LogP contribution in [0, 0.1) is 11.7 Å². The highest BCUT2D eigenvalue weighted by Crippen LogP contribution is 2.36. The van der Waals surface area contributed by atoms with Gasteiger partial charge in [0.2, 0.25) is 23.6 Å². The summed E-state index contributed by atoms with van der Waals surface area (Å²) in [5, 5.41) is 22.4. The van der Waals surface area contributed by atoms with Gasteiger partial charge in [0.25, 0.3) is 0 Å². The van der Waals surface area contributed by atoms with Gasteiger partial charge in [0, 0.05) is 19.5 Å². The molecule has 4 amide bonds. The van der Waals surface area contributed by atoms with E-state index in [0.717, 1.165) is 0 Å². The molecule has 2 saturated heterocycles. The molecule has 1 aromatic rings. The minimum atomic E-state index is -1.49. The molecule has 10 nitrogen and oxygen atoms in total. The number of likely N-dealkylation sites (tertiary alicyclic amines) is 2. The van der Waals surface area contributed by atoms with Crippen LogP contribution in [0.25, 0.3) is 0 Å². The Morgan fingerprint density at radius 2 is 1.84 bits per heavy atom. The van der Waals surface area contributed by atoms with Crippen molar-refractivity contribution in [1.29, 1.82) is 0 Å². The lowest BCUT2D eigenvalue weighted by molar-refractivity contribution is -0.153. The van der Waals surface area contributed by atoms with E-state index < -0.39 is 59.3 Å². The van der Waals surface area contributed by atoms with E-state index in [-0.39, 0.29) is 25.3 Å². The lowest BCUT2D eigenvalue weighted by atomic mass is 9.86. The molecule has 6 atom stereocenters. The number of nitrogens with one attached hydrogen (secondary N) is 1. The van der Waals surface area contributed by atoms with Crippen LogP contribution in [0.3, 0.4) is 0 Å². The normalized spacial score (nSPS) is 24.9. The molecule has 5 N–H and O–H groups in total. The van der Waals surface area contributed by atoms with Gasteiger partial charge >= 0.3 is 0 Å². The zero-order valence-corrected chi connectivity index (χ0v) is 21.5. The number of nitrogens with two attached hydrogens (primary N) is 1. The van der Waals surface area contributed by atoms with Crippen LogP contribution in [0.5, 0.6) is 0 Å². The standard InChI is InChI=1S/C26H37FN4O6/c1-15(16(2)32)23(35)30-11-5-9-20(30)24(36)31-12-6-10-26(31,14-18-7-4-8-19(27)13-18)25(37)29-21(17(3)33)22(28)34/h4,7-8,13,15-17,20-21,32-33H,5-6,9-12,14H2,1-3H3,(H2,28,34)(H,29,37)/t15-,16+,17+,20-,21-,26-/m0/s1. The van der Waals surface area contributed by atoms with E-state index in [9.17, 15) is 33.8 Å². The van der Waals surface area contributed by atoms with Crippen molar-refractivity contribution < 1.29 is 33.8 Å². The van der Waals surface area contributed by atoms with E-state index in [2.05, 4.69) is 5.32 Å². The molecule has 2 heterocycles. The van der Waals surface area contributed by atoms with E-state index >= 15 is 0 Å². The van der Waals surface area contributed by atoms with E-state index in [1.807, 2.05) is 0 Å². The number of carbonyl (C=O) groups is 4. The van der Waals surface area contributed by atoms with Crippen LogP contribution in [0.4, 0.5) is 4.39 Å². The number of aliphatic hydroxyl groups excluding tert-OH is 2. The Kier molecular flexibility index (Phi) is 8.91. The van der Waals surface area contributed by atoms with Crippen LogP contribution < -0.4 is 11.1 Å². The number of halogens is 1. The minimum absolute atomic E-state index is 0.0294. The maximum atomic E-state index is 14.0. The molecule has 0 aromatic heterocycles. The zero-order valence-electron chi connectivity index (χ0n) is 21.5. The van der Waals surface area contributed by atoms with Crippen LogP contribution in [0.15, 0.2) is 24.3 Å². The maximum absolute atomic E-state index is 14.0. The predicted octanol–water partition coefficient (Wildman–Crippen LogP) is 0.0882. The molecule has 2 aliphatic rings. The summed E-state index contributed by atoms with van der Waals surface area (Å²) in [5.74, 6) is -3.56. The van der Waals surface area contributed by atoms with Crippen LogP contribution in [-0.4, -0.2) is 86.6 Å². The Balaban J connectivity index is 1.98. The molecule has 0 saturated carbocycles. The molecule has 1 aromatic carbocycles. The first-order chi connectivity index (χ1) is 17.4. The highest BCUT2D eigenvalue weighted by atomic mass is 19.1. The highest BCUT2D eigenvalue weighted by Gasteiger charge is 2.53. The van der Waals surface area contributed by atoms with Gasteiger partial charge in [-0.15, -0.1) is 0 Å². The summed E-state index contributed by atoms with van der Waals surface area (Å²) in [7, 11) is 0. The summed E-state index contributed by atoms with van der Waals surface area (Å²) in [4.78, 5) is 55.6. The SMILES string of the molecule is C[C@H](C(=O)N1CCC[C@H]1C(=O)N1CCC[C@]1(Cc1cccc(F)c1)C(=O)N[C@H](C(N)=O)[C@@H](C)O)[C@@H](C)O. The number of hydrogen-bond acceptors (Lipinski definition) is 6. The largest absolute Gasteiger partial charge is 0.393 e. The first kappa shape index (κ1) is 28.5. The van der Waals surface area contributed by atoms with Gasteiger partial charge < -0.3 is 31.1 Å². The number of aliphatic hydroxyl groups is 2. The van der Waals surface area contributed by atoms with Crippen molar-refractivity contribution >= 4 is 23.6 Å². The second kappa shape index (κ2) is 11.6. The fourth-order valence-electron chi connectivity index (χ4n) is 5.32. The van der Waals surface area contributed by atoms with E-state index in [1.54, 1.807) is 13.0 Å². The molecule has 0 radical (unpaired) electrons. The summed E-state index contributed by atoms with van der Waals surface area (Å²) in [5.41, 5.74) is 4.38. The maximum Gasteiger partial charge on any atom is 0.247 e. The van der Waals surface area contributed by atoms with Crippen molar-refractivity contribution in [2.24, 2.45) is 11.7 Å². The van der Waals surface area contributed by atoms with Gasteiger partial charge in [-0.1, -0.05) is 19.1 Å². The topological polar surface area (TPSA) is 153 Å². The van der Waals surface area contributed by atoms with Gasteiger partial charge in [-0.25, -0.2) is 4.39 Å². The summed E-state index contributed by atoms with van der Waals surface area (Å²) in [6, 6.07) is 3.52. The van der Waals surface area contributed by atoms with E-state index in [0.29, 0.717) is 31.4 Å². The Bertz CT molecular complexity index is 1030. The predicted molar refractivity (Wildman–Crippen MR) is 132 cm³/mol. The second-order valence-corrected chi connectivity index (χ2v) is 10.2. The fourth-order valence-corrected chi connectivity index (χ4v) is 5.32. The molecule has 0 unspecified atom stereocenters. The first-order valence-electron chi connectivity index (χ1n) is 12.7. The number of nitrogens with zero attached hydrogens (tertiary/aromatic N) is 2. The molecule has 3 rings (SSSR count). The van der Waals surface area contributed by atoms with Crippen LogP contribution in [-0.2, 0) is 25.6 Å². The van der Waals surface area contributed by atoms with E-state index in [1.165, 1.54) is 41.8 Å². The number of hydrogen-bond donors (Lipinski definition) is 4. The minimum Gasteiger partial charge on any atom is -0.393 e. The zero-order chi connectivity index (χ0) is 27.5. The third-order valence-electron chi connectivity index (χ3n) is 7.57. The summed E-state index contributed by atoms with van der Waals surface area (Å²) in [6.07, 6.45) is -0.493. The third kappa shape index (κ3) is 5.93. The lowest BCUT2D eigenvalue weighted by Gasteiger charge is -2.41. The number of carbonyl (C=O) groups excluding carboxylic acids is 4. The van der Waals surface area contributed by atoms with Gasteiger partial charge in [-0.3, -0.25) is 19.2 Å². The van der Waals surface area contributed by atoms with Crippen LogP contribution in [0.1, 0.15) is 52.0 Å². The molecule has 0 bridgehead atoms. The molecule has 11 heteroatoms. The van der Waals surface area contributed by atoms with Crippen molar-refractivity contribution in [3.63, 3.8) is 0 Å². The van der Waals surface area contributed by atoms with Gasteiger partial charge in [-0.2, -0.15) is 0 Å². The number of amides is 4.